The molecule has 6 nitrogen and oxygen atoms in total. The first-order valence-corrected chi connectivity index (χ1v) is 7.76. The summed E-state index contributed by atoms with van der Waals surface area (Å²) in [6.07, 6.45) is 2.02. The van der Waals surface area contributed by atoms with E-state index in [9.17, 15) is 4.79 Å². The van der Waals surface area contributed by atoms with Crippen molar-refractivity contribution in [1.82, 2.24) is 10.3 Å². The van der Waals surface area contributed by atoms with Gasteiger partial charge in [-0.3, -0.25) is 4.79 Å². The summed E-state index contributed by atoms with van der Waals surface area (Å²) in [4.78, 5) is 16.8. The molecule has 1 fully saturated rings. The summed E-state index contributed by atoms with van der Waals surface area (Å²) in [6, 6.07) is 0.442. The van der Waals surface area contributed by atoms with Gasteiger partial charge in [0.1, 0.15) is 10.7 Å². The van der Waals surface area contributed by atoms with Crippen LogP contribution in [0.4, 0.5) is 10.9 Å². The molecule has 20 heavy (non-hydrogen) atoms. The van der Waals surface area contributed by atoms with Crippen molar-refractivity contribution in [2.45, 2.75) is 51.8 Å². The van der Waals surface area contributed by atoms with E-state index in [0.29, 0.717) is 10.0 Å². The van der Waals surface area contributed by atoms with E-state index in [1.165, 1.54) is 11.3 Å². The lowest BCUT2D eigenvalue weighted by molar-refractivity contribution is -0.00858. The summed E-state index contributed by atoms with van der Waals surface area (Å²) in [6.45, 7) is 6.73. The lowest BCUT2D eigenvalue weighted by Crippen LogP contribution is -2.47. The van der Waals surface area contributed by atoms with Crippen molar-refractivity contribution in [3.63, 3.8) is 0 Å². The maximum Gasteiger partial charge on any atom is 0.265 e. The van der Waals surface area contributed by atoms with Gasteiger partial charge in [-0.15, -0.1) is 0 Å². The third kappa shape index (κ3) is 3.61. The van der Waals surface area contributed by atoms with Gasteiger partial charge in [0.15, 0.2) is 5.13 Å². The minimum Gasteiger partial charge on any atom is -0.382 e. The zero-order chi connectivity index (χ0) is 14.7. The van der Waals surface area contributed by atoms with Crippen LogP contribution in [-0.2, 0) is 4.74 Å². The molecule has 1 heterocycles. The van der Waals surface area contributed by atoms with E-state index >= 15 is 0 Å². The van der Waals surface area contributed by atoms with Gasteiger partial charge in [-0.1, -0.05) is 11.3 Å². The number of aromatic nitrogens is 1. The standard InChI is InChI=1S/C13H22N4O2S/c1-4-19-9-5-8(6-9)16-12(18)10-11(14)17-13(20-10)15-7(2)3/h7-9H,4-6,14H2,1-3H3,(H,15,17)(H,16,18). The maximum absolute atomic E-state index is 12.1. The number of nitrogens with one attached hydrogen (secondary N) is 2. The van der Waals surface area contributed by atoms with Crippen molar-refractivity contribution in [2.24, 2.45) is 0 Å². The van der Waals surface area contributed by atoms with Gasteiger partial charge in [0.2, 0.25) is 0 Å². The average molecular weight is 298 g/mol. The molecule has 7 heteroatoms. The van der Waals surface area contributed by atoms with E-state index in [-0.39, 0.29) is 29.9 Å². The minimum atomic E-state index is -0.142. The predicted octanol–water partition coefficient (Wildman–Crippen LogP) is 1.84. The van der Waals surface area contributed by atoms with Crippen molar-refractivity contribution in [3.8, 4) is 0 Å². The maximum atomic E-state index is 12.1. The van der Waals surface area contributed by atoms with Crippen LogP contribution in [0.1, 0.15) is 43.3 Å². The van der Waals surface area contributed by atoms with Crippen LogP contribution in [0, 0.1) is 0 Å². The van der Waals surface area contributed by atoms with Gasteiger partial charge >= 0.3 is 0 Å². The van der Waals surface area contributed by atoms with Gasteiger partial charge in [-0.05, 0) is 33.6 Å². The Balaban J connectivity index is 1.88. The van der Waals surface area contributed by atoms with E-state index in [4.69, 9.17) is 10.5 Å². The molecule has 112 valence electrons. The molecule has 0 saturated heterocycles. The topological polar surface area (TPSA) is 89.3 Å². The van der Waals surface area contributed by atoms with E-state index in [0.717, 1.165) is 19.4 Å². The molecule has 0 atom stereocenters. The van der Waals surface area contributed by atoms with Crippen LogP contribution in [0.25, 0.3) is 0 Å². The van der Waals surface area contributed by atoms with E-state index in [1.807, 2.05) is 20.8 Å². The third-order valence-corrected chi connectivity index (χ3v) is 4.11. The van der Waals surface area contributed by atoms with Crippen LogP contribution in [-0.4, -0.2) is 35.7 Å². The van der Waals surface area contributed by atoms with Crippen molar-refractivity contribution in [3.05, 3.63) is 4.88 Å². The Hall–Kier alpha value is -1.34. The van der Waals surface area contributed by atoms with Gasteiger partial charge in [0.05, 0.1) is 6.10 Å². The number of amides is 1. The van der Waals surface area contributed by atoms with Gasteiger partial charge in [-0.2, -0.15) is 0 Å². The number of nitrogen functional groups attached to an aromatic ring is 1. The summed E-state index contributed by atoms with van der Waals surface area (Å²) in [5.41, 5.74) is 5.80. The van der Waals surface area contributed by atoms with E-state index in [2.05, 4.69) is 15.6 Å². The van der Waals surface area contributed by atoms with Gasteiger partial charge < -0.3 is 21.1 Å². The fourth-order valence-corrected chi connectivity index (χ4v) is 3.04. The van der Waals surface area contributed by atoms with Crippen LogP contribution >= 0.6 is 11.3 Å². The number of hydrogen-bond donors (Lipinski definition) is 3. The molecule has 0 aliphatic heterocycles. The zero-order valence-corrected chi connectivity index (χ0v) is 12.9. The van der Waals surface area contributed by atoms with Crippen LogP contribution in [0.2, 0.25) is 0 Å². The van der Waals surface area contributed by atoms with Gasteiger partial charge in [0.25, 0.3) is 5.91 Å². The largest absolute Gasteiger partial charge is 0.382 e. The Morgan fingerprint density at radius 1 is 1.55 bits per heavy atom. The molecule has 1 aromatic rings. The number of nitrogens with two attached hydrogens (primary N) is 1. The molecule has 1 saturated carbocycles. The molecule has 0 spiro atoms. The number of anilines is 2. The normalized spacial score (nSPS) is 21.6. The molecule has 1 aromatic heterocycles. The highest BCUT2D eigenvalue weighted by molar-refractivity contribution is 7.18. The summed E-state index contributed by atoms with van der Waals surface area (Å²) in [5, 5.41) is 6.81. The molecule has 1 aliphatic carbocycles. The van der Waals surface area contributed by atoms with Gasteiger partial charge in [0, 0.05) is 18.7 Å². The zero-order valence-electron chi connectivity index (χ0n) is 12.1. The molecule has 4 N–H and O–H groups in total. The molecule has 0 radical (unpaired) electrons. The highest BCUT2D eigenvalue weighted by atomic mass is 32.1. The minimum absolute atomic E-state index is 0.142. The Labute approximate surface area is 123 Å². The Kier molecular flexibility index (Phi) is 4.82. The van der Waals surface area contributed by atoms with Crippen LogP contribution < -0.4 is 16.4 Å². The average Bonchev–Trinajstić information content (AvgIpc) is 2.66. The first kappa shape index (κ1) is 15.1. The molecule has 0 bridgehead atoms. The quantitative estimate of drug-likeness (QED) is 0.745. The number of hydrogen-bond acceptors (Lipinski definition) is 6. The number of carbonyl (C=O) groups is 1. The van der Waals surface area contributed by atoms with Crippen molar-refractivity contribution in [2.75, 3.05) is 17.7 Å². The lowest BCUT2D eigenvalue weighted by Gasteiger charge is -2.35. The molecule has 1 aliphatic rings. The Morgan fingerprint density at radius 3 is 2.85 bits per heavy atom. The molecule has 0 aromatic carbocycles. The van der Waals surface area contributed by atoms with Gasteiger partial charge in [-0.25, -0.2) is 4.98 Å². The number of rotatable bonds is 6. The first-order chi connectivity index (χ1) is 9.49. The monoisotopic (exact) mass is 298 g/mol. The van der Waals surface area contributed by atoms with Crippen LogP contribution in [0.15, 0.2) is 0 Å². The van der Waals surface area contributed by atoms with E-state index in [1.54, 1.807) is 0 Å². The summed E-state index contributed by atoms with van der Waals surface area (Å²) in [7, 11) is 0. The van der Waals surface area contributed by atoms with Crippen LogP contribution in [0.5, 0.6) is 0 Å². The molecule has 2 rings (SSSR count). The fourth-order valence-electron chi connectivity index (χ4n) is 2.11. The molecular weight excluding hydrogens is 276 g/mol. The molecular formula is C13H22N4O2S. The number of thiazole rings is 1. The van der Waals surface area contributed by atoms with Crippen molar-refractivity contribution in [1.29, 1.82) is 0 Å². The Morgan fingerprint density at radius 2 is 2.25 bits per heavy atom. The number of nitrogens with zero attached hydrogens (tertiary/aromatic N) is 1. The van der Waals surface area contributed by atoms with Crippen molar-refractivity contribution >= 4 is 28.2 Å². The molecule has 0 unspecified atom stereocenters. The fraction of sp³-hybridized carbons (Fsp3) is 0.692. The predicted molar refractivity (Wildman–Crippen MR) is 81.2 cm³/mol. The summed E-state index contributed by atoms with van der Waals surface area (Å²) >= 11 is 1.29. The SMILES string of the molecule is CCOC1CC(NC(=O)c2sc(NC(C)C)nc2N)C1. The van der Waals surface area contributed by atoms with Crippen LogP contribution in [0.3, 0.4) is 0 Å². The first-order valence-electron chi connectivity index (χ1n) is 6.94. The highest BCUT2D eigenvalue weighted by Crippen LogP contribution is 2.27. The smallest absolute Gasteiger partial charge is 0.265 e. The summed E-state index contributed by atoms with van der Waals surface area (Å²) in [5.74, 6) is 0.146. The summed E-state index contributed by atoms with van der Waals surface area (Å²) < 4.78 is 5.47. The number of carbonyl (C=O) groups excluding carboxylic acids is 1. The van der Waals surface area contributed by atoms with E-state index < -0.39 is 0 Å². The third-order valence-electron chi connectivity index (χ3n) is 3.10. The lowest BCUT2D eigenvalue weighted by atomic mass is 9.89. The Bertz CT molecular complexity index is 469. The molecule has 1 amide bonds. The second-order valence-corrected chi connectivity index (χ2v) is 6.25. The number of ether oxygens (including phenoxy) is 1. The highest BCUT2D eigenvalue weighted by Gasteiger charge is 2.31. The van der Waals surface area contributed by atoms with Crippen molar-refractivity contribution < 1.29 is 9.53 Å². The second kappa shape index (κ2) is 6.41. The second-order valence-electron chi connectivity index (χ2n) is 5.25.